The number of hydrogen-bond donors (Lipinski definition) is 2. The summed E-state index contributed by atoms with van der Waals surface area (Å²) >= 11 is 11.5. The first-order chi connectivity index (χ1) is 13.8. The minimum Gasteiger partial charge on any atom is -0.383 e. The Balaban J connectivity index is 0.000000311. The number of halogens is 2. The maximum absolute atomic E-state index is 10.7. The van der Waals surface area contributed by atoms with Gasteiger partial charge in [0, 0.05) is 0 Å². The molecule has 0 bridgehead atoms. The Morgan fingerprint density at radius 1 is 0.967 bits per heavy atom. The van der Waals surface area contributed by atoms with Crippen LogP contribution in [-0.2, 0) is 0 Å². The zero-order valence-corrected chi connectivity index (χ0v) is 18.6. The van der Waals surface area contributed by atoms with Crippen molar-refractivity contribution in [1.82, 2.24) is 9.97 Å². The summed E-state index contributed by atoms with van der Waals surface area (Å²) in [5.74, 6) is 5.07. The predicted octanol–water partition coefficient (Wildman–Crippen LogP) is 3.66. The molecule has 0 radical (unpaired) electrons. The molecule has 0 atom stereocenters. The molecule has 0 aromatic carbocycles. The van der Waals surface area contributed by atoms with Crippen molar-refractivity contribution in [1.29, 1.82) is 0 Å². The molecule has 2 aromatic rings. The van der Waals surface area contributed by atoms with Crippen molar-refractivity contribution < 1.29 is 9.85 Å². The predicted molar refractivity (Wildman–Crippen MR) is 119 cm³/mol. The molecule has 30 heavy (non-hydrogen) atoms. The van der Waals surface area contributed by atoms with Crippen LogP contribution in [0.15, 0.2) is 12.4 Å². The summed E-state index contributed by atoms with van der Waals surface area (Å²) < 4.78 is 0. The van der Waals surface area contributed by atoms with Gasteiger partial charge in [0.1, 0.15) is 42.1 Å². The highest BCUT2D eigenvalue weighted by molar-refractivity contribution is 6.83. The van der Waals surface area contributed by atoms with Gasteiger partial charge in [-0.25, -0.2) is 9.97 Å². The van der Waals surface area contributed by atoms with E-state index >= 15 is 0 Å². The van der Waals surface area contributed by atoms with Gasteiger partial charge < -0.3 is 11.5 Å². The Bertz CT molecular complexity index is 1120. The molecule has 0 saturated heterocycles. The van der Waals surface area contributed by atoms with Gasteiger partial charge in [-0.15, -0.1) is 12.0 Å². The Kier molecular flexibility index (Phi) is 8.13. The van der Waals surface area contributed by atoms with Crippen molar-refractivity contribution >= 4 is 54.3 Å². The molecule has 13 heteroatoms. The van der Waals surface area contributed by atoms with Crippen molar-refractivity contribution in [3.8, 4) is 23.8 Å². The van der Waals surface area contributed by atoms with E-state index in [4.69, 9.17) is 41.1 Å². The normalized spacial score (nSPS) is 10.0. The van der Waals surface area contributed by atoms with Gasteiger partial charge in [-0.1, -0.05) is 54.7 Å². The summed E-state index contributed by atoms with van der Waals surface area (Å²) in [6.45, 7) is 6.15. The van der Waals surface area contributed by atoms with Gasteiger partial charge in [0.15, 0.2) is 0 Å². The highest BCUT2D eigenvalue weighted by Crippen LogP contribution is 2.30. The molecule has 2 rings (SSSR count). The molecule has 10 nitrogen and oxygen atoms in total. The number of nitrogen functional groups attached to an aromatic ring is 2. The molecule has 0 aliphatic heterocycles. The third-order valence-electron chi connectivity index (χ3n) is 3.15. The minimum atomic E-state index is -1.60. The maximum Gasteiger partial charge on any atom is 0.307 e. The van der Waals surface area contributed by atoms with Gasteiger partial charge in [0.05, 0.1) is 21.0 Å². The van der Waals surface area contributed by atoms with E-state index in [2.05, 4.69) is 47.0 Å². The molecule has 0 amide bonds. The van der Waals surface area contributed by atoms with Crippen molar-refractivity contribution in [2.45, 2.75) is 19.6 Å². The number of pyridine rings is 2. The van der Waals surface area contributed by atoms with Gasteiger partial charge in [-0.3, -0.25) is 20.2 Å². The average molecular weight is 467 g/mol. The van der Waals surface area contributed by atoms with E-state index in [9.17, 15) is 20.2 Å². The van der Waals surface area contributed by atoms with Crippen LogP contribution in [0.5, 0.6) is 0 Å². The summed E-state index contributed by atoms with van der Waals surface area (Å²) in [4.78, 5) is 27.1. The van der Waals surface area contributed by atoms with Crippen LogP contribution in [0.2, 0.25) is 29.7 Å². The highest BCUT2D eigenvalue weighted by atomic mass is 35.5. The summed E-state index contributed by atoms with van der Waals surface area (Å²) in [7, 11) is -1.60. The lowest BCUT2D eigenvalue weighted by molar-refractivity contribution is -0.385. The van der Waals surface area contributed by atoms with Crippen LogP contribution in [-0.4, -0.2) is 27.9 Å². The SMILES string of the molecule is C#Cc1c(N)ncc([N+](=O)[O-])c1Cl.C[Si](C)(C)C#Cc1c(N)ncc([N+](=O)[O-])c1Cl. The van der Waals surface area contributed by atoms with Gasteiger partial charge in [0.2, 0.25) is 0 Å². The number of nitrogens with two attached hydrogens (primary N) is 2. The molecule has 2 heterocycles. The largest absolute Gasteiger partial charge is 0.383 e. The fourth-order valence-electron chi connectivity index (χ4n) is 1.75. The second kappa shape index (κ2) is 9.89. The van der Waals surface area contributed by atoms with Gasteiger partial charge in [-0.05, 0) is 0 Å². The fraction of sp³-hybridized carbons (Fsp3) is 0.176. The number of anilines is 2. The number of nitrogens with zero attached hydrogens (tertiary/aromatic N) is 4. The van der Waals surface area contributed by atoms with Crippen LogP contribution in [0.25, 0.3) is 0 Å². The van der Waals surface area contributed by atoms with E-state index in [0.29, 0.717) is 0 Å². The van der Waals surface area contributed by atoms with E-state index in [1.54, 1.807) is 0 Å². The Labute approximate surface area is 182 Å². The van der Waals surface area contributed by atoms with Crippen LogP contribution in [0.1, 0.15) is 11.1 Å². The molecular formula is C17H16Cl2N6O4Si. The summed E-state index contributed by atoms with van der Waals surface area (Å²) in [6.07, 6.45) is 7.05. The average Bonchev–Trinajstić information content (AvgIpc) is 2.61. The van der Waals surface area contributed by atoms with Crippen molar-refractivity contribution in [2.75, 3.05) is 11.5 Å². The molecule has 2 aromatic heterocycles. The fourth-order valence-corrected chi connectivity index (χ4v) is 2.78. The zero-order valence-electron chi connectivity index (χ0n) is 16.1. The first-order valence-electron chi connectivity index (χ1n) is 7.96. The van der Waals surface area contributed by atoms with Gasteiger partial charge in [0.25, 0.3) is 0 Å². The van der Waals surface area contributed by atoms with Crippen molar-refractivity contribution in [3.05, 3.63) is 53.8 Å². The molecule has 4 N–H and O–H groups in total. The lowest BCUT2D eigenvalue weighted by atomic mass is 10.2. The number of nitro groups is 2. The molecule has 156 valence electrons. The van der Waals surface area contributed by atoms with Crippen LogP contribution in [0.3, 0.4) is 0 Å². The van der Waals surface area contributed by atoms with Crippen LogP contribution in [0, 0.1) is 44.0 Å². The number of aromatic nitrogens is 2. The number of hydrogen-bond acceptors (Lipinski definition) is 8. The monoisotopic (exact) mass is 466 g/mol. The molecule has 0 unspecified atom stereocenters. The van der Waals surface area contributed by atoms with E-state index in [0.717, 1.165) is 12.4 Å². The van der Waals surface area contributed by atoms with E-state index in [-0.39, 0.29) is 44.2 Å². The first kappa shape index (κ1) is 24.7. The second-order valence-corrected chi connectivity index (χ2v) is 12.1. The minimum absolute atomic E-state index is 0.0121. The molecular weight excluding hydrogens is 451 g/mol. The highest BCUT2D eigenvalue weighted by Gasteiger charge is 2.19. The Morgan fingerprint density at radius 2 is 1.37 bits per heavy atom. The molecule has 0 aliphatic rings. The summed E-state index contributed by atoms with van der Waals surface area (Å²) in [5.41, 5.74) is 13.7. The second-order valence-electron chi connectivity index (χ2n) is 6.59. The summed E-state index contributed by atoms with van der Waals surface area (Å²) in [5, 5.41) is 20.9. The van der Waals surface area contributed by atoms with Gasteiger partial charge in [-0.2, -0.15) is 0 Å². The van der Waals surface area contributed by atoms with E-state index in [1.165, 1.54) is 0 Å². The van der Waals surface area contributed by atoms with Crippen molar-refractivity contribution in [3.63, 3.8) is 0 Å². The topological polar surface area (TPSA) is 164 Å². The van der Waals surface area contributed by atoms with E-state index < -0.39 is 17.9 Å². The zero-order chi connectivity index (χ0) is 23.2. The molecule has 0 spiro atoms. The standard InChI is InChI=1S/C10H12ClN3O2Si.C7H4ClN3O2/c1-17(2,3)5-4-7-9(11)8(14(15)16)6-13-10(7)12;1-2-4-6(8)5(11(12)13)3-10-7(4)9/h6H,1-3H3,(H2,12,13);1,3H,(H2,9,10). The summed E-state index contributed by atoms with van der Waals surface area (Å²) in [6, 6.07) is 0. The van der Waals surface area contributed by atoms with Crippen molar-refractivity contribution in [2.24, 2.45) is 0 Å². The van der Waals surface area contributed by atoms with Crippen LogP contribution >= 0.6 is 23.2 Å². The molecule has 0 saturated carbocycles. The third-order valence-corrected chi connectivity index (χ3v) is 4.79. The van der Waals surface area contributed by atoms with Gasteiger partial charge >= 0.3 is 11.4 Å². The quantitative estimate of drug-likeness (QED) is 0.292. The first-order valence-corrected chi connectivity index (χ1v) is 12.2. The lowest BCUT2D eigenvalue weighted by Crippen LogP contribution is -2.16. The van der Waals surface area contributed by atoms with Crippen LogP contribution < -0.4 is 11.5 Å². The Morgan fingerprint density at radius 3 is 1.73 bits per heavy atom. The smallest absolute Gasteiger partial charge is 0.307 e. The maximum atomic E-state index is 10.7. The van der Waals surface area contributed by atoms with Crippen LogP contribution in [0.4, 0.5) is 23.0 Å². The Hall–Kier alpha value is -3.38. The molecule has 0 fully saturated rings. The van der Waals surface area contributed by atoms with E-state index in [1.807, 2.05) is 0 Å². The third kappa shape index (κ3) is 6.32. The lowest BCUT2D eigenvalue weighted by Gasteiger charge is -2.05. The number of terminal acetylenes is 1. The molecule has 0 aliphatic carbocycles. The number of rotatable bonds is 2.